The first-order valence-electron chi connectivity index (χ1n) is 5.51. The van der Waals surface area contributed by atoms with Crippen LogP contribution in [0.5, 0.6) is 0 Å². The molecule has 7 heteroatoms. The van der Waals surface area contributed by atoms with Crippen LogP contribution in [0.1, 0.15) is 11.1 Å². The van der Waals surface area contributed by atoms with Gasteiger partial charge in [-0.2, -0.15) is 26.3 Å². The van der Waals surface area contributed by atoms with Crippen molar-refractivity contribution in [1.82, 2.24) is 4.57 Å². The van der Waals surface area contributed by atoms with Crippen LogP contribution in [0, 0.1) is 0 Å². The molecule has 0 aliphatic carbocycles. The highest BCUT2D eigenvalue weighted by Gasteiger charge is 2.38. The Kier molecular flexibility index (Phi) is 3.31. The number of benzene rings is 1. The monoisotopic (exact) mass is 293 g/mol. The van der Waals surface area contributed by atoms with Crippen molar-refractivity contribution in [2.24, 2.45) is 7.05 Å². The minimum absolute atomic E-state index is 0.141. The second kappa shape index (κ2) is 4.57. The van der Waals surface area contributed by atoms with Gasteiger partial charge in [0, 0.05) is 24.5 Å². The molecule has 108 valence electrons. The molecular weight excluding hydrogens is 284 g/mol. The number of hydrogen-bond acceptors (Lipinski definition) is 0. The van der Waals surface area contributed by atoms with Crippen LogP contribution < -0.4 is 0 Å². The molecule has 0 aliphatic rings. The SMILES string of the molecule is Cn1cccc1-c1ccc(C(F)(F)F)cc1C(F)(F)F. The summed E-state index contributed by atoms with van der Waals surface area (Å²) in [6.45, 7) is 0. The van der Waals surface area contributed by atoms with E-state index in [1.807, 2.05) is 0 Å². The summed E-state index contributed by atoms with van der Waals surface area (Å²) in [4.78, 5) is 0. The fraction of sp³-hybridized carbons (Fsp3) is 0.231. The summed E-state index contributed by atoms with van der Waals surface area (Å²) in [6.07, 6.45) is -8.15. The summed E-state index contributed by atoms with van der Waals surface area (Å²) in [7, 11) is 1.52. The van der Waals surface area contributed by atoms with Crippen molar-refractivity contribution in [3.8, 4) is 11.3 Å². The standard InChI is InChI=1S/C13H9F6N/c1-20-6-2-3-11(20)9-5-4-8(12(14,15)16)7-10(9)13(17,18)19/h2-7H,1H3. The van der Waals surface area contributed by atoms with Gasteiger partial charge in [-0.1, -0.05) is 6.07 Å². The highest BCUT2D eigenvalue weighted by Crippen LogP contribution is 2.40. The summed E-state index contributed by atoms with van der Waals surface area (Å²) in [5.74, 6) is 0. The molecule has 0 radical (unpaired) electrons. The third-order valence-electron chi connectivity index (χ3n) is 2.87. The lowest BCUT2D eigenvalue weighted by Crippen LogP contribution is -2.12. The first-order valence-corrected chi connectivity index (χ1v) is 5.51. The minimum atomic E-state index is -4.86. The maximum Gasteiger partial charge on any atom is 0.417 e. The van der Waals surface area contributed by atoms with E-state index < -0.39 is 23.5 Å². The van der Waals surface area contributed by atoms with E-state index in [-0.39, 0.29) is 17.3 Å². The molecule has 1 heterocycles. The van der Waals surface area contributed by atoms with E-state index in [0.717, 1.165) is 6.07 Å². The molecule has 0 N–H and O–H groups in total. The molecule has 0 saturated carbocycles. The van der Waals surface area contributed by atoms with E-state index in [9.17, 15) is 26.3 Å². The minimum Gasteiger partial charge on any atom is -0.351 e. The Labute approximate surface area is 110 Å². The summed E-state index contributed by atoms with van der Waals surface area (Å²) in [5.41, 5.74) is -2.69. The second-order valence-corrected chi connectivity index (χ2v) is 4.26. The molecule has 0 saturated heterocycles. The average Bonchev–Trinajstić information content (AvgIpc) is 2.72. The van der Waals surface area contributed by atoms with Gasteiger partial charge in [0.05, 0.1) is 11.1 Å². The molecule has 1 aromatic heterocycles. The van der Waals surface area contributed by atoms with Gasteiger partial charge in [0.15, 0.2) is 0 Å². The van der Waals surface area contributed by atoms with Crippen LogP contribution >= 0.6 is 0 Å². The van der Waals surface area contributed by atoms with Crippen molar-refractivity contribution >= 4 is 0 Å². The molecule has 1 aromatic carbocycles. The van der Waals surface area contributed by atoms with E-state index in [4.69, 9.17) is 0 Å². The predicted molar refractivity (Wildman–Crippen MR) is 60.9 cm³/mol. The molecule has 0 spiro atoms. The van der Waals surface area contributed by atoms with Crippen LogP contribution in [0.2, 0.25) is 0 Å². The Hall–Kier alpha value is -1.92. The number of rotatable bonds is 1. The predicted octanol–water partition coefficient (Wildman–Crippen LogP) is 4.73. The number of aryl methyl sites for hydroxylation is 1. The summed E-state index contributed by atoms with van der Waals surface area (Å²) >= 11 is 0. The third kappa shape index (κ3) is 2.66. The number of alkyl halides is 6. The Balaban J connectivity index is 2.68. The quantitative estimate of drug-likeness (QED) is 0.670. The van der Waals surface area contributed by atoms with E-state index in [1.165, 1.54) is 29.9 Å². The highest BCUT2D eigenvalue weighted by molar-refractivity contribution is 5.66. The Morgan fingerprint density at radius 1 is 0.900 bits per heavy atom. The fourth-order valence-electron chi connectivity index (χ4n) is 1.92. The first-order chi connectivity index (χ1) is 9.10. The Morgan fingerprint density at radius 3 is 2.00 bits per heavy atom. The van der Waals surface area contributed by atoms with Crippen LogP contribution in [0.25, 0.3) is 11.3 Å². The zero-order chi connectivity index (χ0) is 15.1. The van der Waals surface area contributed by atoms with Crippen molar-refractivity contribution in [1.29, 1.82) is 0 Å². The van der Waals surface area contributed by atoms with Gasteiger partial charge in [-0.05, 0) is 24.3 Å². The molecule has 0 unspecified atom stereocenters. The summed E-state index contributed by atoms with van der Waals surface area (Å²) in [5, 5.41) is 0. The number of halogens is 6. The van der Waals surface area contributed by atoms with E-state index in [1.54, 1.807) is 0 Å². The van der Waals surface area contributed by atoms with Crippen molar-refractivity contribution in [3.05, 3.63) is 47.7 Å². The van der Waals surface area contributed by atoms with Gasteiger partial charge < -0.3 is 4.57 Å². The van der Waals surface area contributed by atoms with Gasteiger partial charge in [0.1, 0.15) is 0 Å². The maximum absolute atomic E-state index is 13.0. The normalized spacial score (nSPS) is 12.8. The molecule has 1 nitrogen and oxygen atoms in total. The van der Waals surface area contributed by atoms with Crippen LogP contribution in [0.4, 0.5) is 26.3 Å². The molecular formula is C13H9F6N. The maximum atomic E-state index is 13.0. The molecule has 0 bridgehead atoms. The number of hydrogen-bond donors (Lipinski definition) is 0. The van der Waals surface area contributed by atoms with Crippen molar-refractivity contribution in [2.75, 3.05) is 0 Å². The van der Waals surface area contributed by atoms with E-state index in [2.05, 4.69) is 0 Å². The van der Waals surface area contributed by atoms with E-state index >= 15 is 0 Å². The molecule has 0 atom stereocenters. The highest BCUT2D eigenvalue weighted by atomic mass is 19.4. The van der Waals surface area contributed by atoms with Gasteiger partial charge in [-0.3, -0.25) is 0 Å². The molecule has 0 fully saturated rings. The first kappa shape index (κ1) is 14.5. The van der Waals surface area contributed by atoms with Gasteiger partial charge in [-0.25, -0.2) is 0 Å². The Morgan fingerprint density at radius 2 is 1.55 bits per heavy atom. The lowest BCUT2D eigenvalue weighted by molar-refractivity contribution is -0.142. The van der Waals surface area contributed by atoms with Gasteiger partial charge in [0.2, 0.25) is 0 Å². The smallest absolute Gasteiger partial charge is 0.351 e. The zero-order valence-corrected chi connectivity index (χ0v) is 10.2. The van der Waals surface area contributed by atoms with Crippen LogP contribution in [-0.2, 0) is 19.4 Å². The molecule has 2 rings (SSSR count). The lowest BCUT2D eigenvalue weighted by atomic mass is 10.0. The van der Waals surface area contributed by atoms with Gasteiger partial charge >= 0.3 is 12.4 Å². The lowest BCUT2D eigenvalue weighted by Gasteiger charge is -2.16. The van der Waals surface area contributed by atoms with Crippen molar-refractivity contribution < 1.29 is 26.3 Å². The largest absolute Gasteiger partial charge is 0.417 e. The van der Waals surface area contributed by atoms with Crippen molar-refractivity contribution in [3.63, 3.8) is 0 Å². The zero-order valence-electron chi connectivity index (χ0n) is 10.2. The van der Waals surface area contributed by atoms with Crippen LogP contribution in [0.15, 0.2) is 36.5 Å². The molecule has 0 aliphatic heterocycles. The number of nitrogens with zero attached hydrogens (tertiary/aromatic N) is 1. The molecule has 20 heavy (non-hydrogen) atoms. The van der Waals surface area contributed by atoms with Gasteiger partial charge in [-0.15, -0.1) is 0 Å². The van der Waals surface area contributed by atoms with Crippen LogP contribution in [0.3, 0.4) is 0 Å². The summed E-state index contributed by atoms with van der Waals surface area (Å²) < 4.78 is 77.9. The van der Waals surface area contributed by atoms with Crippen LogP contribution in [-0.4, -0.2) is 4.57 Å². The second-order valence-electron chi connectivity index (χ2n) is 4.26. The van der Waals surface area contributed by atoms with E-state index in [0.29, 0.717) is 6.07 Å². The third-order valence-corrected chi connectivity index (χ3v) is 2.87. The molecule has 2 aromatic rings. The Bertz CT molecular complexity index is 621. The topological polar surface area (TPSA) is 4.93 Å². The summed E-state index contributed by atoms with van der Waals surface area (Å²) in [6, 6.07) is 4.58. The average molecular weight is 293 g/mol. The molecule has 0 amide bonds. The van der Waals surface area contributed by atoms with Gasteiger partial charge in [0.25, 0.3) is 0 Å². The fourth-order valence-corrected chi connectivity index (χ4v) is 1.92. The van der Waals surface area contributed by atoms with Crippen molar-refractivity contribution in [2.45, 2.75) is 12.4 Å². The number of aromatic nitrogens is 1.